The maximum absolute atomic E-state index is 12.7. The molecular formula is C24H32N2O3S. The monoisotopic (exact) mass is 428 g/mol. The molecule has 0 radical (unpaired) electrons. The van der Waals surface area contributed by atoms with Gasteiger partial charge in [0.25, 0.3) is 0 Å². The molecule has 0 spiro atoms. The Balaban J connectivity index is 1.25. The number of nitrogens with one attached hydrogen (secondary N) is 2. The van der Waals surface area contributed by atoms with E-state index in [2.05, 4.69) is 17.6 Å². The minimum absolute atomic E-state index is 0.0190. The number of benzene rings is 1. The van der Waals surface area contributed by atoms with Crippen molar-refractivity contribution >= 4 is 34.9 Å². The zero-order chi connectivity index (χ0) is 21.1. The topological polar surface area (TPSA) is 67.4 Å². The van der Waals surface area contributed by atoms with Crippen LogP contribution in [0.3, 0.4) is 0 Å². The average Bonchev–Trinajstić information content (AvgIpc) is 2.66. The van der Waals surface area contributed by atoms with Gasteiger partial charge in [-0.1, -0.05) is 13.3 Å². The number of hydrogen-bond donors (Lipinski definition) is 2. The lowest BCUT2D eigenvalue weighted by molar-refractivity contribution is -0.127. The Kier molecular flexibility index (Phi) is 6.42. The van der Waals surface area contributed by atoms with Gasteiger partial charge in [0.1, 0.15) is 0 Å². The SMILES string of the molecule is CCCCOC(=O)c1ccc(NC(=S)NC(=O)CC23CC4CC(CC(C4)C2)C3)cc1. The van der Waals surface area contributed by atoms with Crippen molar-refractivity contribution in [2.24, 2.45) is 23.2 Å². The van der Waals surface area contributed by atoms with Gasteiger partial charge in [0, 0.05) is 12.1 Å². The maximum Gasteiger partial charge on any atom is 0.338 e. The minimum Gasteiger partial charge on any atom is -0.462 e. The van der Waals surface area contributed by atoms with E-state index in [1.807, 2.05) is 0 Å². The van der Waals surface area contributed by atoms with Crippen molar-refractivity contribution in [1.29, 1.82) is 0 Å². The third kappa shape index (κ3) is 5.02. The van der Waals surface area contributed by atoms with Gasteiger partial charge in [-0.05, 0) is 105 Å². The summed E-state index contributed by atoms with van der Waals surface area (Å²) < 4.78 is 5.22. The van der Waals surface area contributed by atoms with Crippen LogP contribution in [-0.2, 0) is 9.53 Å². The zero-order valence-electron chi connectivity index (χ0n) is 17.7. The molecule has 4 fully saturated rings. The molecule has 5 nitrogen and oxygen atoms in total. The summed E-state index contributed by atoms with van der Waals surface area (Å²) in [5, 5.41) is 6.22. The number of hydrogen-bond acceptors (Lipinski definition) is 4. The number of esters is 1. The highest BCUT2D eigenvalue weighted by Crippen LogP contribution is 2.61. The fourth-order valence-electron chi connectivity index (χ4n) is 6.26. The lowest BCUT2D eigenvalue weighted by Gasteiger charge is -2.56. The quantitative estimate of drug-likeness (QED) is 0.361. The van der Waals surface area contributed by atoms with E-state index in [0.717, 1.165) is 36.3 Å². The summed E-state index contributed by atoms with van der Waals surface area (Å²) in [5.41, 5.74) is 1.45. The minimum atomic E-state index is -0.318. The van der Waals surface area contributed by atoms with Gasteiger partial charge in [0.15, 0.2) is 5.11 Å². The fraction of sp³-hybridized carbons (Fsp3) is 0.625. The molecule has 6 heteroatoms. The predicted octanol–water partition coefficient (Wildman–Crippen LogP) is 5.06. The number of rotatable bonds is 7. The summed E-state index contributed by atoms with van der Waals surface area (Å²) in [5.74, 6) is 2.20. The molecule has 4 saturated carbocycles. The van der Waals surface area contributed by atoms with Gasteiger partial charge < -0.3 is 15.4 Å². The Morgan fingerprint density at radius 1 is 1.07 bits per heavy atom. The first kappa shape index (κ1) is 21.3. The van der Waals surface area contributed by atoms with Crippen LogP contribution < -0.4 is 10.6 Å². The molecule has 0 heterocycles. The number of unbranched alkanes of at least 4 members (excludes halogenated alkanes) is 1. The van der Waals surface area contributed by atoms with Crippen molar-refractivity contribution < 1.29 is 14.3 Å². The maximum atomic E-state index is 12.7. The van der Waals surface area contributed by atoms with E-state index in [-0.39, 0.29) is 17.3 Å². The predicted molar refractivity (Wildman–Crippen MR) is 121 cm³/mol. The number of carbonyl (C=O) groups is 2. The molecule has 0 atom stereocenters. The fourth-order valence-corrected chi connectivity index (χ4v) is 6.49. The number of ether oxygens (including phenoxy) is 1. The Hall–Kier alpha value is -1.95. The van der Waals surface area contributed by atoms with Gasteiger partial charge in [0.2, 0.25) is 5.91 Å². The van der Waals surface area contributed by atoms with Crippen molar-refractivity contribution in [3.63, 3.8) is 0 Å². The van der Waals surface area contributed by atoms with Crippen LogP contribution in [0.5, 0.6) is 0 Å². The second-order valence-corrected chi connectivity index (χ2v) is 10.1. The van der Waals surface area contributed by atoms with Crippen LogP contribution >= 0.6 is 12.2 Å². The van der Waals surface area contributed by atoms with E-state index in [4.69, 9.17) is 17.0 Å². The molecule has 1 amide bonds. The van der Waals surface area contributed by atoms with E-state index in [0.29, 0.717) is 23.7 Å². The second kappa shape index (κ2) is 9.04. The first-order valence-electron chi connectivity index (χ1n) is 11.3. The van der Waals surface area contributed by atoms with Gasteiger partial charge in [-0.2, -0.15) is 0 Å². The summed E-state index contributed by atoms with van der Waals surface area (Å²) >= 11 is 5.34. The summed E-state index contributed by atoms with van der Waals surface area (Å²) in [7, 11) is 0. The standard InChI is InChI=1S/C24H32N2O3S/c1-2-3-8-29-22(28)19-4-6-20(7-5-19)25-23(30)26-21(27)15-24-12-16-9-17(13-24)11-18(10-16)14-24/h4-7,16-18H,2-3,8-15H2,1H3,(H2,25,26,27,30). The van der Waals surface area contributed by atoms with E-state index >= 15 is 0 Å². The molecule has 4 bridgehead atoms. The van der Waals surface area contributed by atoms with Gasteiger partial charge >= 0.3 is 5.97 Å². The smallest absolute Gasteiger partial charge is 0.338 e. The second-order valence-electron chi connectivity index (χ2n) is 9.66. The number of anilines is 1. The molecule has 5 rings (SSSR count). The molecule has 0 aromatic heterocycles. The molecule has 4 aliphatic rings. The summed E-state index contributed by atoms with van der Waals surface area (Å²) in [6.45, 7) is 2.49. The molecule has 0 saturated heterocycles. The number of thiocarbonyl (C=S) groups is 1. The largest absolute Gasteiger partial charge is 0.462 e. The van der Waals surface area contributed by atoms with Gasteiger partial charge in [-0.25, -0.2) is 4.79 Å². The zero-order valence-corrected chi connectivity index (χ0v) is 18.6. The van der Waals surface area contributed by atoms with E-state index < -0.39 is 0 Å². The molecule has 30 heavy (non-hydrogen) atoms. The normalized spacial score (nSPS) is 28.8. The van der Waals surface area contributed by atoms with Crippen LogP contribution in [0.4, 0.5) is 5.69 Å². The molecule has 4 aliphatic carbocycles. The van der Waals surface area contributed by atoms with E-state index in [9.17, 15) is 9.59 Å². The van der Waals surface area contributed by atoms with Crippen LogP contribution in [0.1, 0.15) is 75.1 Å². The Bertz CT molecular complexity index is 770. The molecule has 0 aliphatic heterocycles. The van der Waals surface area contributed by atoms with Gasteiger partial charge in [-0.15, -0.1) is 0 Å². The van der Waals surface area contributed by atoms with Crippen LogP contribution in [0, 0.1) is 23.2 Å². The Morgan fingerprint density at radius 3 is 2.23 bits per heavy atom. The highest BCUT2D eigenvalue weighted by Gasteiger charge is 2.51. The Labute approximate surface area is 184 Å². The van der Waals surface area contributed by atoms with E-state index in [1.165, 1.54) is 38.5 Å². The molecule has 0 unspecified atom stereocenters. The van der Waals surface area contributed by atoms with Crippen molar-refractivity contribution in [2.45, 2.75) is 64.7 Å². The Morgan fingerprint density at radius 2 is 1.67 bits per heavy atom. The molecule has 2 N–H and O–H groups in total. The molecular weight excluding hydrogens is 396 g/mol. The third-order valence-corrected chi connectivity index (χ3v) is 7.27. The van der Waals surface area contributed by atoms with Crippen LogP contribution in [0.2, 0.25) is 0 Å². The molecule has 1 aromatic rings. The third-order valence-electron chi connectivity index (χ3n) is 7.06. The van der Waals surface area contributed by atoms with Gasteiger partial charge in [0.05, 0.1) is 12.2 Å². The molecule has 1 aromatic carbocycles. The van der Waals surface area contributed by atoms with Crippen molar-refractivity contribution in [1.82, 2.24) is 5.32 Å². The van der Waals surface area contributed by atoms with Crippen LogP contribution in [0.15, 0.2) is 24.3 Å². The molecule has 162 valence electrons. The number of carbonyl (C=O) groups excluding carboxylic acids is 2. The van der Waals surface area contributed by atoms with Crippen LogP contribution in [-0.4, -0.2) is 23.6 Å². The van der Waals surface area contributed by atoms with E-state index in [1.54, 1.807) is 24.3 Å². The van der Waals surface area contributed by atoms with Crippen molar-refractivity contribution in [3.05, 3.63) is 29.8 Å². The lowest BCUT2D eigenvalue weighted by atomic mass is 9.49. The summed E-state index contributed by atoms with van der Waals surface area (Å²) in [4.78, 5) is 24.7. The highest BCUT2D eigenvalue weighted by atomic mass is 32.1. The van der Waals surface area contributed by atoms with Crippen molar-refractivity contribution in [2.75, 3.05) is 11.9 Å². The first-order chi connectivity index (χ1) is 14.4. The first-order valence-corrected chi connectivity index (χ1v) is 11.7. The van der Waals surface area contributed by atoms with Gasteiger partial charge in [-0.3, -0.25) is 4.79 Å². The summed E-state index contributed by atoms with van der Waals surface area (Å²) in [6.07, 6.45) is 10.2. The number of amides is 1. The lowest BCUT2D eigenvalue weighted by Crippen LogP contribution is -2.48. The summed E-state index contributed by atoms with van der Waals surface area (Å²) in [6, 6.07) is 6.95. The average molecular weight is 429 g/mol. The van der Waals surface area contributed by atoms with Crippen LogP contribution in [0.25, 0.3) is 0 Å². The highest BCUT2D eigenvalue weighted by molar-refractivity contribution is 7.80. The van der Waals surface area contributed by atoms with Crippen molar-refractivity contribution in [3.8, 4) is 0 Å².